The SMILES string of the molecule is COc1ccccc1C(Sc1ccncc1)C(C)N. The number of methoxy groups -OCH3 is 1. The predicted octanol–water partition coefficient (Wildman–Crippen LogP) is 3.27. The van der Waals surface area contributed by atoms with E-state index in [9.17, 15) is 0 Å². The van der Waals surface area contributed by atoms with Crippen molar-refractivity contribution in [2.24, 2.45) is 5.73 Å². The highest BCUT2D eigenvalue weighted by atomic mass is 32.2. The van der Waals surface area contributed by atoms with E-state index in [1.165, 1.54) is 0 Å². The van der Waals surface area contributed by atoms with Crippen LogP contribution in [0.5, 0.6) is 5.75 Å². The molecule has 0 aliphatic rings. The van der Waals surface area contributed by atoms with E-state index in [0.717, 1.165) is 16.2 Å². The molecule has 2 atom stereocenters. The molecule has 0 aliphatic carbocycles. The van der Waals surface area contributed by atoms with Crippen LogP contribution in [0.15, 0.2) is 53.7 Å². The third kappa shape index (κ3) is 3.49. The van der Waals surface area contributed by atoms with Gasteiger partial charge in [-0.15, -0.1) is 11.8 Å². The van der Waals surface area contributed by atoms with Crippen LogP contribution in [-0.4, -0.2) is 18.1 Å². The fourth-order valence-electron chi connectivity index (χ4n) is 1.92. The fourth-order valence-corrected chi connectivity index (χ4v) is 3.03. The first-order chi connectivity index (χ1) is 9.22. The highest BCUT2D eigenvalue weighted by Gasteiger charge is 2.21. The summed E-state index contributed by atoms with van der Waals surface area (Å²) in [7, 11) is 1.69. The summed E-state index contributed by atoms with van der Waals surface area (Å²) in [6.07, 6.45) is 3.59. The zero-order valence-corrected chi connectivity index (χ0v) is 11.9. The molecule has 3 nitrogen and oxygen atoms in total. The number of thioether (sulfide) groups is 1. The van der Waals surface area contributed by atoms with Gasteiger partial charge in [-0.2, -0.15) is 0 Å². The summed E-state index contributed by atoms with van der Waals surface area (Å²) < 4.78 is 5.43. The van der Waals surface area contributed by atoms with Gasteiger partial charge in [-0.1, -0.05) is 18.2 Å². The first-order valence-electron chi connectivity index (χ1n) is 6.17. The highest BCUT2D eigenvalue weighted by molar-refractivity contribution is 7.99. The number of hydrogen-bond donors (Lipinski definition) is 1. The Morgan fingerprint density at radius 1 is 1.16 bits per heavy atom. The summed E-state index contributed by atoms with van der Waals surface area (Å²) in [5.41, 5.74) is 7.27. The summed E-state index contributed by atoms with van der Waals surface area (Å²) in [4.78, 5) is 5.19. The largest absolute Gasteiger partial charge is 0.496 e. The number of nitrogens with zero attached hydrogens (tertiary/aromatic N) is 1. The Morgan fingerprint density at radius 2 is 1.84 bits per heavy atom. The molecule has 2 N–H and O–H groups in total. The van der Waals surface area contributed by atoms with E-state index in [0.29, 0.717) is 0 Å². The van der Waals surface area contributed by atoms with Crippen molar-refractivity contribution in [1.82, 2.24) is 4.98 Å². The van der Waals surface area contributed by atoms with E-state index in [4.69, 9.17) is 10.5 Å². The number of rotatable bonds is 5. The molecule has 1 heterocycles. The minimum atomic E-state index is 0.0227. The van der Waals surface area contributed by atoms with Gasteiger partial charge in [-0.05, 0) is 25.1 Å². The van der Waals surface area contributed by atoms with Gasteiger partial charge in [0.05, 0.1) is 12.4 Å². The number of pyridine rings is 1. The molecule has 0 amide bonds. The lowest BCUT2D eigenvalue weighted by Crippen LogP contribution is -2.23. The molecule has 1 aromatic carbocycles. The number of benzene rings is 1. The van der Waals surface area contributed by atoms with Gasteiger partial charge < -0.3 is 10.5 Å². The van der Waals surface area contributed by atoms with Crippen LogP contribution in [0.4, 0.5) is 0 Å². The Morgan fingerprint density at radius 3 is 2.47 bits per heavy atom. The van der Waals surface area contributed by atoms with Crippen LogP contribution < -0.4 is 10.5 Å². The summed E-state index contributed by atoms with van der Waals surface area (Å²) in [6, 6.07) is 12.0. The molecular weight excluding hydrogens is 256 g/mol. The standard InChI is InChI=1S/C15H18N2OS/c1-11(16)15(19-12-7-9-17-10-8-12)13-5-3-4-6-14(13)18-2/h3-11,15H,16H2,1-2H3. The minimum absolute atomic E-state index is 0.0227. The van der Waals surface area contributed by atoms with Crippen molar-refractivity contribution in [1.29, 1.82) is 0 Å². The first-order valence-corrected chi connectivity index (χ1v) is 7.05. The van der Waals surface area contributed by atoms with Crippen molar-refractivity contribution in [2.75, 3.05) is 7.11 Å². The third-order valence-electron chi connectivity index (χ3n) is 2.84. The summed E-state index contributed by atoms with van der Waals surface area (Å²) in [5.74, 6) is 0.881. The smallest absolute Gasteiger partial charge is 0.123 e. The number of ether oxygens (including phenoxy) is 1. The average Bonchev–Trinajstić information content (AvgIpc) is 2.45. The molecule has 19 heavy (non-hydrogen) atoms. The number of hydrogen-bond acceptors (Lipinski definition) is 4. The summed E-state index contributed by atoms with van der Waals surface area (Å²) >= 11 is 1.73. The third-order valence-corrected chi connectivity index (χ3v) is 4.32. The van der Waals surface area contributed by atoms with Crippen LogP contribution in [0, 0.1) is 0 Å². The second-order valence-electron chi connectivity index (χ2n) is 4.32. The monoisotopic (exact) mass is 274 g/mol. The minimum Gasteiger partial charge on any atom is -0.496 e. The van der Waals surface area contributed by atoms with Crippen LogP contribution in [0.25, 0.3) is 0 Å². The van der Waals surface area contributed by atoms with Crippen LogP contribution in [0.1, 0.15) is 17.7 Å². The fraction of sp³-hybridized carbons (Fsp3) is 0.267. The van der Waals surface area contributed by atoms with Gasteiger partial charge in [0, 0.05) is 28.9 Å². The molecule has 0 radical (unpaired) electrons. The van der Waals surface area contributed by atoms with Gasteiger partial charge in [-0.3, -0.25) is 4.98 Å². The van der Waals surface area contributed by atoms with Crippen molar-refractivity contribution in [2.45, 2.75) is 23.1 Å². The zero-order chi connectivity index (χ0) is 13.7. The maximum atomic E-state index is 6.15. The van der Waals surface area contributed by atoms with E-state index in [1.807, 2.05) is 37.3 Å². The maximum absolute atomic E-state index is 6.15. The molecule has 0 saturated carbocycles. The predicted molar refractivity (Wildman–Crippen MR) is 79.5 cm³/mol. The van der Waals surface area contributed by atoms with Crippen LogP contribution in [-0.2, 0) is 0 Å². The van der Waals surface area contributed by atoms with Crippen molar-refractivity contribution >= 4 is 11.8 Å². The topological polar surface area (TPSA) is 48.1 Å². The maximum Gasteiger partial charge on any atom is 0.123 e. The molecule has 1 aromatic heterocycles. The van der Waals surface area contributed by atoms with Gasteiger partial charge >= 0.3 is 0 Å². The van der Waals surface area contributed by atoms with E-state index in [-0.39, 0.29) is 11.3 Å². The van der Waals surface area contributed by atoms with E-state index >= 15 is 0 Å². The Bertz CT molecular complexity index is 517. The van der Waals surface area contributed by atoms with Gasteiger partial charge in [-0.25, -0.2) is 0 Å². The van der Waals surface area contributed by atoms with Crippen LogP contribution in [0.3, 0.4) is 0 Å². The number of nitrogens with two attached hydrogens (primary N) is 1. The Labute approximate surface area is 118 Å². The molecule has 0 bridgehead atoms. The molecule has 2 aromatic rings. The molecule has 100 valence electrons. The molecule has 0 spiro atoms. The van der Waals surface area contributed by atoms with Gasteiger partial charge in [0.25, 0.3) is 0 Å². The average molecular weight is 274 g/mol. The highest BCUT2D eigenvalue weighted by Crippen LogP contribution is 2.40. The zero-order valence-electron chi connectivity index (χ0n) is 11.1. The molecule has 0 fully saturated rings. The lowest BCUT2D eigenvalue weighted by atomic mass is 10.1. The molecular formula is C15H18N2OS. The van der Waals surface area contributed by atoms with Gasteiger partial charge in [0.15, 0.2) is 0 Å². The van der Waals surface area contributed by atoms with Crippen molar-refractivity contribution in [3.63, 3.8) is 0 Å². The van der Waals surface area contributed by atoms with Crippen molar-refractivity contribution < 1.29 is 4.74 Å². The second kappa shape index (κ2) is 6.59. The summed E-state index contributed by atoms with van der Waals surface area (Å²) in [6.45, 7) is 2.02. The molecule has 2 rings (SSSR count). The second-order valence-corrected chi connectivity index (χ2v) is 5.54. The van der Waals surface area contributed by atoms with E-state index in [1.54, 1.807) is 31.3 Å². The van der Waals surface area contributed by atoms with Gasteiger partial charge in [0.2, 0.25) is 0 Å². The number of aromatic nitrogens is 1. The Balaban J connectivity index is 2.30. The molecule has 0 saturated heterocycles. The van der Waals surface area contributed by atoms with E-state index in [2.05, 4.69) is 11.1 Å². The Kier molecular flexibility index (Phi) is 4.82. The lowest BCUT2D eigenvalue weighted by molar-refractivity contribution is 0.408. The van der Waals surface area contributed by atoms with Gasteiger partial charge in [0.1, 0.15) is 5.75 Å². The summed E-state index contributed by atoms with van der Waals surface area (Å²) in [5, 5.41) is 0.151. The van der Waals surface area contributed by atoms with Crippen LogP contribution in [0.2, 0.25) is 0 Å². The normalized spacial score (nSPS) is 13.8. The first kappa shape index (κ1) is 13.9. The van der Waals surface area contributed by atoms with E-state index < -0.39 is 0 Å². The molecule has 0 aliphatic heterocycles. The van der Waals surface area contributed by atoms with Crippen LogP contribution >= 0.6 is 11.8 Å². The van der Waals surface area contributed by atoms with Crippen molar-refractivity contribution in [3.05, 3.63) is 54.4 Å². The van der Waals surface area contributed by atoms with Crippen molar-refractivity contribution in [3.8, 4) is 5.75 Å². The Hall–Kier alpha value is -1.52. The molecule has 4 heteroatoms. The number of para-hydroxylation sites is 1. The quantitative estimate of drug-likeness (QED) is 0.850. The molecule has 2 unspecified atom stereocenters. The lowest BCUT2D eigenvalue weighted by Gasteiger charge is -2.22.